The molecule has 0 aliphatic rings. The van der Waals surface area contributed by atoms with Crippen LogP contribution in [-0.4, -0.2) is 33.2 Å². The summed E-state index contributed by atoms with van der Waals surface area (Å²) in [6.07, 6.45) is 0. The minimum atomic E-state index is -0.540. The molecular weight excluding hydrogens is 364 g/mol. The van der Waals surface area contributed by atoms with Crippen molar-refractivity contribution in [1.29, 1.82) is 0 Å². The van der Waals surface area contributed by atoms with E-state index in [9.17, 15) is 9.59 Å². The predicted octanol–water partition coefficient (Wildman–Crippen LogP) is 3.36. The van der Waals surface area contributed by atoms with Crippen LogP contribution in [0.4, 0.5) is 5.69 Å². The summed E-state index contributed by atoms with van der Waals surface area (Å²) in [5, 5.41) is 8.04. The number of aromatic nitrogens is 3. The van der Waals surface area contributed by atoms with Crippen LogP contribution in [-0.2, 0) is 9.53 Å². The van der Waals surface area contributed by atoms with E-state index < -0.39 is 11.9 Å². The van der Waals surface area contributed by atoms with Crippen LogP contribution in [0.2, 0.25) is 0 Å². The summed E-state index contributed by atoms with van der Waals surface area (Å²) in [5.41, 5.74) is 3.61. The highest BCUT2D eigenvalue weighted by molar-refractivity contribution is 7.13. The van der Waals surface area contributed by atoms with E-state index in [-0.39, 0.29) is 6.61 Å². The Labute approximate surface area is 161 Å². The Morgan fingerprint density at radius 2 is 1.81 bits per heavy atom. The summed E-state index contributed by atoms with van der Waals surface area (Å²) in [5.74, 6) is -0.956. The summed E-state index contributed by atoms with van der Waals surface area (Å²) in [6.45, 7) is 6.88. The highest BCUT2D eigenvalue weighted by Gasteiger charge is 2.19. The van der Waals surface area contributed by atoms with Crippen molar-refractivity contribution < 1.29 is 14.3 Å². The van der Waals surface area contributed by atoms with Crippen LogP contribution in [0.15, 0.2) is 30.3 Å². The number of para-hydroxylation sites is 1. The third kappa shape index (κ3) is 4.06. The first-order valence-electron chi connectivity index (χ1n) is 8.39. The summed E-state index contributed by atoms with van der Waals surface area (Å²) in [6, 6.07) is 9.65. The first kappa shape index (κ1) is 18.8. The van der Waals surface area contributed by atoms with Crippen LogP contribution >= 0.6 is 11.3 Å². The van der Waals surface area contributed by atoms with Gasteiger partial charge in [0.15, 0.2) is 6.61 Å². The molecule has 0 bridgehead atoms. The van der Waals surface area contributed by atoms with Gasteiger partial charge in [-0.1, -0.05) is 18.2 Å². The van der Waals surface area contributed by atoms with Gasteiger partial charge >= 0.3 is 5.97 Å². The van der Waals surface area contributed by atoms with Gasteiger partial charge in [0.05, 0.1) is 33.5 Å². The molecule has 27 heavy (non-hydrogen) atoms. The first-order chi connectivity index (χ1) is 12.9. The molecule has 2 aromatic heterocycles. The molecule has 7 nitrogen and oxygen atoms in total. The molecule has 0 unspecified atom stereocenters. The SMILES string of the molecule is Cc1nc(C)c(C(=O)OCC(=O)Nc2c(C)nn(-c3ccccc3)c2C)s1. The molecule has 1 amide bonds. The van der Waals surface area contributed by atoms with Gasteiger partial charge in [0, 0.05) is 0 Å². The number of nitrogens with one attached hydrogen (secondary N) is 1. The fourth-order valence-corrected chi connectivity index (χ4v) is 3.55. The van der Waals surface area contributed by atoms with E-state index in [0.29, 0.717) is 22.0 Å². The van der Waals surface area contributed by atoms with Crippen molar-refractivity contribution >= 4 is 28.9 Å². The minimum absolute atomic E-state index is 0.370. The van der Waals surface area contributed by atoms with Crippen LogP contribution in [0.25, 0.3) is 5.69 Å². The zero-order valence-electron chi connectivity index (χ0n) is 15.6. The standard InChI is InChI=1S/C19H20N4O3S/c1-11-17(13(3)23(22-11)15-8-6-5-7-9-15)21-16(24)10-26-19(25)18-12(2)20-14(4)27-18/h5-9H,10H2,1-4H3,(H,21,24). The Balaban J connectivity index is 1.67. The Kier molecular flexibility index (Phi) is 5.36. The summed E-state index contributed by atoms with van der Waals surface area (Å²) >= 11 is 1.25. The molecule has 2 heterocycles. The van der Waals surface area contributed by atoms with E-state index in [0.717, 1.165) is 16.4 Å². The van der Waals surface area contributed by atoms with Gasteiger partial charge in [-0.05, 0) is 39.8 Å². The van der Waals surface area contributed by atoms with Crippen LogP contribution in [0.1, 0.15) is 31.8 Å². The van der Waals surface area contributed by atoms with Crippen molar-refractivity contribution in [2.75, 3.05) is 11.9 Å². The number of thiazole rings is 1. The number of benzene rings is 1. The van der Waals surface area contributed by atoms with E-state index in [1.54, 1.807) is 11.6 Å². The average molecular weight is 384 g/mol. The lowest BCUT2D eigenvalue weighted by Gasteiger charge is -2.07. The maximum atomic E-state index is 12.3. The van der Waals surface area contributed by atoms with Crippen molar-refractivity contribution in [3.63, 3.8) is 0 Å². The Morgan fingerprint density at radius 1 is 1.11 bits per heavy atom. The van der Waals surface area contributed by atoms with Crippen molar-refractivity contribution in [3.05, 3.63) is 57.3 Å². The zero-order valence-corrected chi connectivity index (χ0v) is 16.4. The largest absolute Gasteiger partial charge is 0.451 e. The second-order valence-corrected chi connectivity index (χ2v) is 7.27. The quantitative estimate of drug-likeness (QED) is 0.682. The third-order valence-corrected chi connectivity index (χ3v) is 5.03. The van der Waals surface area contributed by atoms with Crippen molar-refractivity contribution in [1.82, 2.24) is 14.8 Å². The van der Waals surface area contributed by atoms with Crippen molar-refractivity contribution in [2.45, 2.75) is 27.7 Å². The van der Waals surface area contributed by atoms with E-state index >= 15 is 0 Å². The molecule has 1 aromatic carbocycles. The zero-order chi connectivity index (χ0) is 19.6. The fraction of sp³-hybridized carbons (Fsp3) is 0.263. The average Bonchev–Trinajstić information content (AvgIpc) is 3.13. The van der Waals surface area contributed by atoms with Crippen molar-refractivity contribution in [3.8, 4) is 5.69 Å². The Bertz CT molecular complexity index is 992. The molecule has 3 aromatic rings. The molecule has 0 radical (unpaired) electrons. The topological polar surface area (TPSA) is 86.1 Å². The molecule has 0 spiro atoms. The second kappa shape index (κ2) is 7.71. The molecule has 0 atom stereocenters. The highest BCUT2D eigenvalue weighted by atomic mass is 32.1. The number of esters is 1. The maximum Gasteiger partial charge on any atom is 0.350 e. The minimum Gasteiger partial charge on any atom is -0.451 e. The van der Waals surface area contributed by atoms with Gasteiger partial charge in [0.1, 0.15) is 4.88 Å². The predicted molar refractivity (Wildman–Crippen MR) is 104 cm³/mol. The Morgan fingerprint density at radius 3 is 2.44 bits per heavy atom. The number of anilines is 1. The number of nitrogens with zero attached hydrogens (tertiary/aromatic N) is 3. The van der Waals surface area contributed by atoms with E-state index in [2.05, 4.69) is 15.4 Å². The molecule has 3 rings (SSSR count). The number of aryl methyl sites for hydroxylation is 3. The van der Waals surface area contributed by atoms with E-state index in [1.807, 2.05) is 51.1 Å². The normalized spacial score (nSPS) is 10.7. The third-order valence-electron chi connectivity index (χ3n) is 3.98. The monoisotopic (exact) mass is 384 g/mol. The van der Waals surface area contributed by atoms with Gasteiger partial charge in [-0.15, -0.1) is 11.3 Å². The molecule has 0 aliphatic carbocycles. The van der Waals surface area contributed by atoms with Gasteiger partial charge in [0.2, 0.25) is 0 Å². The lowest BCUT2D eigenvalue weighted by molar-refractivity contribution is -0.119. The summed E-state index contributed by atoms with van der Waals surface area (Å²) in [7, 11) is 0. The number of carbonyl (C=O) groups excluding carboxylic acids is 2. The molecule has 0 saturated heterocycles. The number of rotatable bonds is 5. The van der Waals surface area contributed by atoms with Gasteiger partial charge in [-0.25, -0.2) is 14.5 Å². The molecule has 0 saturated carbocycles. The highest BCUT2D eigenvalue weighted by Crippen LogP contribution is 2.23. The molecule has 140 valence electrons. The summed E-state index contributed by atoms with van der Waals surface area (Å²) < 4.78 is 6.88. The number of ether oxygens (including phenoxy) is 1. The first-order valence-corrected chi connectivity index (χ1v) is 9.21. The summed E-state index contributed by atoms with van der Waals surface area (Å²) in [4.78, 5) is 29.0. The van der Waals surface area contributed by atoms with Crippen LogP contribution in [0.5, 0.6) is 0 Å². The number of carbonyl (C=O) groups is 2. The van der Waals surface area contributed by atoms with Crippen LogP contribution < -0.4 is 5.32 Å². The van der Waals surface area contributed by atoms with Gasteiger partial charge in [-0.2, -0.15) is 5.10 Å². The van der Waals surface area contributed by atoms with Crippen LogP contribution in [0, 0.1) is 27.7 Å². The lowest BCUT2D eigenvalue weighted by atomic mass is 10.3. The number of hydrogen-bond donors (Lipinski definition) is 1. The molecule has 8 heteroatoms. The second-order valence-electron chi connectivity index (χ2n) is 6.06. The smallest absolute Gasteiger partial charge is 0.350 e. The molecule has 0 fully saturated rings. The van der Waals surface area contributed by atoms with Gasteiger partial charge in [-0.3, -0.25) is 4.79 Å². The number of amides is 1. The number of hydrogen-bond acceptors (Lipinski definition) is 6. The molecular formula is C19H20N4O3S. The Hall–Kier alpha value is -3.00. The van der Waals surface area contributed by atoms with Gasteiger partial charge in [0.25, 0.3) is 5.91 Å². The van der Waals surface area contributed by atoms with Crippen LogP contribution in [0.3, 0.4) is 0 Å². The molecule has 0 aliphatic heterocycles. The fourth-order valence-electron chi connectivity index (χ4n) is 2.74. The van der Waals surface area contributed by atoms with E-state index in [4.69, 9.17) is 4.74 Å². The van der Waals surface area contributed by atoms with Crippen molar-refractivity contribution in [2.24, 2.45) is 0 Å². The van der Waals surface area contributed by atoms with E-state index in [1.165, 1.54) is 11.3 Å². The molecule has 1 N–H and O–H groups in total. The van der Waals surface area contributed by atoms with Gasteiger partial charge < -0.3 is 10.1 Å². The maximum absolute atomic E-state index is 12.3. The lowest BCUT2D eigenvalue weighted by Crippen LogP contribution is -2.21.